The van der Waals surface area contributed by atoms with Gasteiger partial charge < -0.3 is 0 Å². The van der Waals surface area contributed by atoms with E-state index in [-0.39, 0.29) is 30.2 Å². The summed E-state index contributed by atoms with van der Waals surface area (Å²) in [6.45, 7) is 16.7. The average Bonchev–Trinajstić information content (AvgIpc) is 3.71. The van der Waals surface area contributed by atoms with E-state index in [1.54, 1.807) is 47.8 Å². The molecule has 0 N–H and O–H groups in total. The summed E-state index contributed by atoms with van der Waals surface area (Å²) in [6.07, 6.45) is 7.45. The summed E-state index contributed by atoms with van der Waals surface area (Å²) in [6, 6.07) is 30.6. The molecule has 0 fully saturated rings. The molecule has 7 rings (SSSR count). The van der Waals surface area contributed by atoms with E-state index in [1.165, 1.54) is 47.1 Å². The first kappa shape index (κ1) is 36.3. The molecule has 4 aromatic rings. The Hall–Kier alpha value is -1.96. The summed E-state index contributed by atoms with van der Waals surface area (Å²) < 4.78 is 7.87. The van der Waals surface area contributed by atoms with Gasteiger partial charge in [0, 0.05) is 0 Å². The second kappa shape index (κ2) is 12.7. The zero-order valence-corrected chi connectivity index (χ0v) is 35.1. The predicted molar refractivity (Wildman–Crippen MR) is 211 cm³/mol. The van der Waals surface area contributed by atoms with Crippen LogP contribution in [0.1, 0.15) is 90.5 Å². The van der Waals surface area contributed by atoms with Crippen molar-refractivity contribution in [2.75, 3.05) is 0 Å². The minimum absolute atomic E-state index is 0. The van der Waals surface area contributed by atoms with Crippen molar-refractivity contribution in [2.45, 2.75) is 85.5 Å². The standard InChI is InChI=1S/C22H25.C19H17.2CH3.2ClH.H2Si.Zr/c1-15(2)18-13-17-7-6-8-20(21(17)14-18)16-9-11-19(12-10-16)22(3,4)5;1-13-10-16-12-15-8-5-9-17(15)19(18(16)11-13)14-6-3-2-4-7-14;;;;;;/h6-15H,1-5H3;2-4,6-7,12H,5,8-9,11H2,1H3;2*1H3;2*1H;1H2;. The van der Waals surface area contributed by atoms with Crippen LogP contribution < -0.4 is 0 Å². The van der Waals surface area contributed by atoms with Crippen molar-refractivity contribution in [3.8, 4) is 22.3 Å². The monoisotopic (exact) mass is 756 g/mol. The molecule has 3 aliphatic carbocycles. The van der Waals surface area contributed by atoms with Gasteiger partial charge in [-0.25, -0.2) is 0 Å². The molecule has 0 nitrogen and oxygen atoms in total. The molecule has 0 saturated heterocycles. The van der Waals surface area contributed by atoms with Gasteiger partial charge in [-0.15, -0.1) is 24.8 Å². The van der Waals surface area contributed by atoms with Crippen LogP contribution in [0.2, 0.25) is 9.26 Å². The van der Waals surface area contributed by atoms with Crippen molar-refractivity contribution in [3.63, 3.8) is 0 Å². The Bertz CT molecular complexity index is 1980. The Balaban J connectivity index is 0.00000217. The van der Waals surface area contributed by atoms with Crippen LogP contribution in [0.4, 0.5) is 0 Å². The van der Waals surface area contributed by atoms with Crippen molar-refractivity contribution in [1.29, 1.82) is 0 Å². The van der Waals surface area contributed by atoms with E-state index in [0.29, 0.717) is 9.54 Å². The normalized spacial score (nSPS) is 17.1. The maximum Gasteiger partial charge on any atom is -0.147 e. The van der Waals surface area contributed by atoms with E-state index in [2.05, 4.69) is 143 Å². The zero-order chi connectivity index (χ0) is 31.9. The van der Waals surface area contributed by atoms with Crippen molar-refractivity contribution < 1.29 is 17.4 Å². The molecule has 246 valence electrons. The summed E-state index contributed by atoms with van der Waals surface area (Å²) in [4.78, 5) is 0. The third kappa shape index (κ3) is 5.98. The van der Waals surface area contributed by atoms with Crippen LogP contribution in [0.25, 0.3) is 31.6 Å². The van der Waals surface area contributed by atoms with Crippen LogP contribution in [0.5, 0.6) is 0 Å². The third-order valence-electron chi connectivity index (χ3n) is 11.3. The molecule has 0 spiro atoms. The number of rotatable bonds is 5. The molecule has 47 heavy (non-hydrogen) atoms. The van der Waals surface area contributed by atoms with E-state index in [1.807, 2.05) is 0 Å². The first-order valence-electron chi connectivity index (χ1n) is 17.2. The minimum atomic E-state index is -3.73. The Morgan fingerprint density at radius 2 is 1.47 bits per heavy atom. The molecule has 0 heterocycles. The van der Waals surface area contributed by atoms with Gasteiger partial charge in [-0.3, -0.25) is 0 Å². The number of halogens is 2. The number of benzene rings is 4. The first-order chi connectivity index (χ1) is 21.2. The molecular weight excluding hydrogens is 707 g/mol. The van der Waals surface area contributed by atoms with Crippen LogP contribution in [0.15, 0.2) is 90.0 Å². The first-order valence-corrected chi connectivity index (χ1v) is 30.7. The third-order valence-corrected chi connectivity index (χ3v) is 27.7. The fourth-order valence-corrected chi connectivity index (χ4v) is 28.8. The molecule has 0 bridgehead atoms. The molecule has 0 radical (unpaired) electrons. The van der Waals surface area contributed by atoms with Gasteiger partial charge in [0.15, 0.2) is 0 Å². The van der Waals surface area contributed by atoms with E-state index in [4.69, 9.17) is 0 Å². The van der Waals surface area contributed by atoms with Gasteiger partial charge in [0.25, 0.3) is 0 Å². The zero-order valence-electron chi connectivity index (χ0n) is 29.6. The van der Waals surface area contributed by atoms with Crippen LogP contribution in [0.3, 0.4) is 0 Å². The van der Waals surface area contributed by atoms with Gasteiger partial charge in [0.2, 0.25) is 0 Å². The molecule has 0 aromatic heterocycles. The quantitative estimate of drug-likeness (QED) is 0.178. The maximum atomic E-state index is 2.78. The fourth-order valence-electron chi connectivity index (χ4n) is 9.38. The summed E-state index contributed by atoms with van der Waals surface area (Å²) in [5.74, 6) is 0.512. The number of hydrogen-bond donors (Lipinski definition) is 0. The van der Waals surface area contributed by atoms with Gasteiger partial charge in [0.1, 0.15) is 0 Å². The molecule has 1 unspecified atom stereocenters. The summed E-state index contributed by atoms with van der Waals surface area (Å²) >= 11 is -3.73. The summed E-state index contributed by atoms with van der Waals surface area (Å²) in [5, 5.41) is 0. The second-order valence-corrected chi connectivity index (χ2v) is 46.0. The molecule has 1 atom stereocenters. The minimum Gasteiger partial charge on any atom is -0.147 e. The summed E-state index contributed by atoms with van der Waals surface area (Å²) in [5.41, 5.74) is 20.1. The van der Waals surface area contributed by atoms with Crippen LogP contribution in [-0.4, -0.2) is 6.88 Å². The Kier molecular flexibility index (Phi) is 9.84. The Labute approximate surface area is 298 Å². The van der Waals surface area contributed by atoms with Crippen molar-refractivity contribution in [2.24, 2.45) is 5.92 Å². The molecule has 4 aromatic carbocycles. The van der Waals surface area contributed by atoms with E-state index in [9.17, 15) is 0 Å². The predicted octanol–water partition coefficient (Wildman–Crippen LogP) is 12.1. The van der Waals surface area contributed by atoms with Crippen LogP contribution >= 0.6 is 24.8 Å². The van der Waals surface area contributed by atoms with Gasteiger partial charge >= 0.3 is 276 Å². The molecule has 0 amide bonds. The average molecular weight is 759 g/mol. The molecular formula is C43H52Cl2SiZr. The van der Waals surface area contributed by atoms with E-state index in [0.717, 1.165) is 6.42 Å². The smallest absolute Gasteiger partial charge is 0.147 e. The van der Waals surface area contributed by atoms with E-state index < -0.39 is 17.4 Å². The van der Waals surface area contributed by atoms with Gasteiger partial charge in [-0.2, -0.15) is 0 Å². The van der Waals surface area contributed by atoms with Crippen molar-refractivity contribution in [3.05, 3.63) is 129 Å². The molecule has 4 heteroatoms. The number of aryl methyl sites for hydroxylation is 1. The number of fused-ring (bicyclic) bond motifs is 3. The second-order valence-electron chi connectivity index (χ2n) is 16.6. The SMILES string of the molecule is CC1=[C]([Zr]([CH3])([CH3])(=[SiH2])[CH]2C(C(C)C)=Cc3c(-c4ccc(C(C)(C)C)cc4)cccc32)c2cc3c(c(-c4ccccc4)c2C1)CCC3.Cl.Cl. The molecule has 0 saturated carbocycles. The number of allylic oxidation sites excluding steroid dienone is 2. The maximum absolute atomic E-state index is 3.73. The van der Waals surface area contributed by atoms with Gasteiger partial charge in [0.05, 0.1) is 0 Å². The van der Waals surface area contributed by atoms with Crippen molar-refractivity contribution >= 4 is 41.1 Å². The topological polar surface area (TPSA) is 0 Å². The number of hydrogen-bond acceptors (Lipinski definition) is 0. The van der Waals surface area contributed by atoms with Crippen molar-refractivity contribution in [1.82, 2.24) is 0 Å². The fraction of sp³-hybridized carbons (Fsp3) is 0.349. The molecule has 0 aliphatic heterocycles. The Morgan fingerprint density at radius 1 is 0.787 bits per heavy atom. The largest absolute Gasteiger partial charge is 0.147 e. The van der Waals surface area contributed by atoms with Gasteiger partial charge in [-0.05, 0) is 0 Å². The van der Waals surface area contributed by atoms with Crippen LogP contribution in [0, 0.1) is 5.92 Å². The Morgan fingerprint density at radius 3 is 2.11 bits per heavy atom. The summed E-state index contributed by atoms with van der Waals surface area (Å²) in [7, 11) is 0. The van der Waals surface area contributed by atoms with Crippen LogP contribution in [-0.2, 0) is 42.1 Å². The van der Waals surface area contributed by atoms with Gasteiger partial charge in [-0.1, -0.05) is 0 Å². The molecule has 3 aliphatic rings. The van der Waals surface area contributed by atoms with E-state index >= 15 is 0 Å².